The maximum atomic E-state index is 15.1. The Morgan fingerprint density at radius 3 is 2.24 bits per heavy atom. The quantitative estimate of drug-likeness (QED) is 0.408. The van der Waals surface area contributed by atoms with Crippen LogP contribution in [0, 0.1) is 11.6 Å². The zero-order chi connectivity index (χ0) is 23.2. The third-order valence-corrected chi connectivity index (χ3v) is 6.61. The Morgan fingerprint density at radius 1 is 0.909 bits per heavy atom. The summed E-state index contributed by atoms with van der Waals surface area (Å²) in [7, 11) is 0. The lowest BCUT2D eigenvalue weighted by Gasteiger charge is -2.29. The SMILES string of the molecule is Fc1ccc(C2(c3ccc(Cl)cc3Cl)Oc3cc(F)c(C(=S)N4CCOCC4)cc3O2)cc1. The Kier molecular flexibility index (Phi) is 5.91. The average molecular weight is 508 g/mol. The number of fused-ring (bicyclic) bond motifs is 1. The van der Waals surface area contributed by atoms with Crippen LogP contribution >= 0.6 is 35.4 Å². The molecule has 0 spiro atoms. The van der Waals surface area contributed by atoms with Gasteiger partial charge in [-0.25, -0.2) is 8.78 Å². The van der Waals surface area contributed by atoms with E-state index in [-0.39, 0.29) is 22.1 Å². The molecule has 0 saturated carbocycles. The smallest absolute Gasteiger partial charge is 0.307 e. The van der Waals surface area contributed by atoms with E-state index in [0.717, 1.165) is 0 Å². The number of benzene rings is 3. The molecular weight excluding hydrogens is 491 g/mol. The van der Waals surface area contributed by atoms with E-state index in [2.05, 4.69) is 0 Å². The molecule has 0 radical (unpaired) electrons. The molecule has 2 aliphatic rings. The zero-order valence-corrected chi connectivity index (χ0v) is 19.4. The van der Waals surface area contributed by atoms with E-state index < -0.39 is 17.4 Å². The van der Waals surface area contributed by atoms with Gasteiger partial charge >= 0.3 is 5.79 Å². The van der Waals surface area contributed by atoms with Crippen molar-refractivity contribution in [3.8, 4) is 11.5 Å². The highest BCUT2D eigenvalue weighted by Gasteiger charge is 2.47. The Balaban J connectivity index is 1.59. The standard InChI is InChI=1S/C24H17Cl2F2NO3S/c25-15-3-6-18(19(26)11-15)24(14-1-4-16(27)5-2-14)31-21-12-17(20(28)13-22(21)32-24)23(33)29-7-9-30-10-8-29/h1-6,11-13H,7-10H2. The molecular formula is C24H17Cl2F2NO3S. The van der Waals surface area contributed by atoms with E-state index in [0.29, 0.717) is 47.4 Å². The first-order valence-electron chi connectivity index (χ1n) is 10.2. The fraction of sp³-hybridized carbons (Fsp3) is 0.208. The van der Waals surface area contributed by atoms with Gasteiger partial charge in [0.2, 0.25) is 0 Å². The van der Waals surface area contributed by atoms with Crippen LogP contribution in [0.3, 0.4) is 0 Å². The van der Waals surface area contributed by atoms with Crippen LogP contribution < -0.4 is 9.47 Å². The monoisotopic (exact) mass is 507 g/mol. The molecule has 2 heterocycles. The highest BCUT2D eigenvalue weighted by molar-refractivity contribution is 7.80. The Labute approximate surface area is 204 Å². The minimum absolute atomic E-state index is 0.177. The molecule has 1 fully saturated rings. The molecule has 4 nitrogen and oxygen atoms in total. The fourth-order valence-corrected chi connectivity index (χ4v) is 4.81. The fourth-order valence-electron chi connectivity index (χ4n) is 3.93. The molecule has 0 bridgehead atoms. The van der Waals surface area contributed by atoms with Gasteiger partial charge in [-0.1, -0.05) is 35.4 Å². The molecule has 1 atom stereocenters. The molecule has 0 aliphatic carbocycles. The topological polar surface area (TPSA) is 30.9 Å². The summed E-state index contributed by atoms with van der Waals surface area (Å²) in [5.74, 6) is -2.06. The Hall–Kier alpha value is -2.45. The van der Waals surface area contributed by atoms with Gasteiger partial charge in [-0.2, -0.15) is 0 Å². The summed E-state index contributed by atoms with van der Waals surface area (Å²) in [5.41, 5.74) is 1.14. The first-order chi connectivity index (χ1) is 15.9. The van der Waals surface area contributed by atoms with E-state index in [1.807, 2.05) is 4.90 Å². The summed E-state index contributed by atoms with van der Waals surface area (Å²) in [4.78, 5) is 2.26. The van der Waals surface area contributed by atoms with Crippen LogP contribution in [0.15, 0.2) is 54.6 Å². The van der Waals surface area contributed by atoms with Gasteiger partial charge in [0, 0.05) is 35.3 Å². The first-order valence-corrected chi connectivity index (χ1v) is 11.3. The average Bonchev–Trinajstić information content (AvgIpc) is 3.18. The second kappa shape index (κ2) is 8.72. The lowest BCUT2D eigenvalue weighted by atomic mass is 9.97. The second-order valence-corrected chi connectivity index (χ2v) is 8.87. The molecule has 3 aromatic carbocycles. The van der Waals surface area contributed by atoms with Crippen molar-refractivity contribution >= 4 is 40.4 Å². The van der Waals surface area contributed by atoms with Gasteiger partial charge in [0.25, 0.3) is 0 Å². The van der Waals surface area contributed by atoms with Crippen LogP contribution in [0.4, 0.5) is 8.78 Å². The number of halogens is 4. The largest absolute Gasteiger partial charge is 0.440 e. The molecule has 2 aliphatic heterocycles. The molecule has 170 valence electrons. The third kappa shape index (κ3) is 4.04. The molecule has 3 aromatic rings. The van der Waals surface area contributed by atoms with Crippen molar-refractivity contribution < 1.29 is 23.0 Å². The van der Waals surface area contributed by atoms with Crippen LogP contribution in [0.2, 0.25) is 10.0 Å². The predicted molar refractivity (Wildman–Crippen MR) is 125 cm³/mol. The number of hydrogen-bond donors (Lipinski definition) is 0. The summed E-state index contributed by atoms with van der Waals surface area (Å²) in [6.07, 6.45) is 0. The predicted octanol–water partition coefficient (Wildman–Crippen LogP) is 5.95. The molecule has 1 saturated heterocycles. The summed E-state index contributed by atoms with van der Waals surface area (Å²) >= 11 is 18.1. The minimum atomic E-state index is -1.57. The number of thiocarbonyl (C=S) groups is 1. The number of morpholine rings is 1. The summed E-state index contributed by atoms with van der Waals surface area (Å²) < 4.78 is 46.7. The Bertz CT molecular complexity index is 1240. The van der Waals surface area contributed by atoms with Crippen LogP contribution in [-0.2, 0) is 10.5 Å². The van der Waals surface area contributed by atoms with Crippen molar-refractivity contribution in [1.29, 1.82) is 0 Å². The number of nitrogens with zero attached hydrogens (tertiary/aromatic N) is 1. The molecule has 1 unspecified atom stereocenters. The highest BCUT2D eigenvalue weighted by Crippen LogP contribution is 2.50. The van der Waals surface area contributed by atoms with Crippen LogP contribution in [0.1, 0.15) is 16.7 Å². The molecule has 0 amide bonds. The van der Waals surface area contributed by atoms with E-state index in [1.165, 1.54) is 36.4 Å². The number of hydrogen-bond acceptors (Lipinski definition) is 4. The zero-order valence-electron chi connectivity index (χ0n) is 17.1. The van der Waals surface area contributed by atoms with Crippen LogP contribution in [0.5, 0.6) is 11.5 Å². The van der Waals surface area contributed by atoms with Gasteiger partial charge < -0.3 is 19.1 Å². The van der Waals surface area contributed by atoms with Gasteiger partial charge in [-0.15, -0.1) is 0 Å². The maximum Gasteiger partial charge on any atom is 0.307 e. The van der Waals surface area contributed by atoms with Crippen LogP contribution in [0.25, 0.3) is 0 Å². The molecule has 5 rings (SSSR count). The normalized spacial score (nSPS) is 19.6. The third-order valence-electron chi connectivity index (χ3n) is 5.58. The summed E-state index contributed by atoms with van der Waals surface area (Å²) in [6, 6.07) is 13.3. The van der Waals surface area contributed by atoms with Gasteiger partial charge in [0.05, 0.1) is 23.8 Å². The lowest BCUT2D eigenvalue weighted by molar-refractivity contribution is -0.0458. The van der Waals surface area contributed by atoms with Gasteiger partial charge in [0.1, 0.15) is 16.6 Å². The maximum absolute atomic E-state index is 15.1. The van der Waals surface area contributed by atoms with Crippen molar-refractivity contribution in [1.82, 2.24) is 4.90 Å². The van der Waals surface area contributed by atoms with E-state index in [9.17, 15) is 4.39 Å². The van der Waals surface area contributed by atoms with Crippen molar-refractivity contribution in [3.05, 3.63) is 93.0 Å². The van der Waals surface area contributed by atoms with E-state index >= 15 is 4.39 Å². The van der Waals surface area contributed by atoms with Gasteiger partial charge in [0.15, 0.2) is 11.5 Å². The summed E-state index contributed by atoms with van der Waals surface area (Å²) in [6.45, 7) is 2.20. The lowest BCUT2D eigenvalue weighted by Crippen LogP contribution is -2.40. The van der Waals surface area contributed by atoms with Crippen molar-refractivity contribution in [2.45, 2.75) is 5.79 Å². The van der Waals surface area contributed by atoms with Crippen molar-refractivity contribution in [2.24, 2.45) is 0 Å². The number of rotatable bonds is 3. The second-order valence-electron chi connectivity index (χ2n) is 7.64. The Morgan fingerprint density at radius 2 is 1.58 bits per heavy atom. The summed E-state index contributed by atoms with van der Waals surface area (Å²) in [5, 5.41) is 0.710. The molecule has 33 heavy (non-hydrogen) atoms. The molecule has 0 aromatic heterocycles. The highest BCUT2D eigenvalue weighted by atomic mass is 35.5. The van der Waals surface area contributed by atoms with Gasteiger partial charge in [-0.3, -0.25) is 0 Å². The van der Waals surface area contributed by atoms with Crippen LogP contribution in [-0.4, -0.2) is 36.2 Å². The van der Waals surface area contributed by atoms with E-state index in [1.54, 1.807) is 18.2 Å². The van der Waals surface area contributed by atoms with E-state index in [4.69, 9.17) is 49.6 Å². The first kappa shape index (κ1) is 22.3. The van der Waals surface area contributed by atoms with Crippen molar-refractivity contribution in [2.75, 3.05) is 26.3 Å². The van der Waals surface area contributed by atoms with Gasteiger partial charge in [-0.05, 0) is 48.5 Å². The number of ether oxygens (including phenoxy) is 3. The molecule has 9 heteroatoms. The minimum Gasteiger partial charge on any atom is -0.440 e. The molecule has 0 N–H and O–H groups in total. The van der Waals surface area contributed by atoms with Crippen molar-refractivity contribution in [3.63, 3.8) is 0 Å².